The number of hydrogen-bond acceptors (Lipinski definition) is 3. The van der Waals surface area contributed by atoms with E-state index in [4.69, 9.17) is 0 Å². The van der Waals surface area contributed by atoms with Crippen LogP contribution in [0.25, 0.3) is 0 Å². The van der Waals surface area contributed by atoms with Crippen molar-refractivity contribution in [3.05, 3.63) is 82.8 Å². The lowest BCUT2D eigenvalue weighted by atomic mass is 9.75. The van der Waals surface area contributed by atoms with Crippen molar-refractivity contribution in [1.29, 1.82) is 0 Å². The van der Waals surface area contributed by atoms with E-state index in [1.54, 1.807) is 17.8 Å². The third-order valence-electron chi connectivity index (χ3n) is 4.31. The van der Waals surface area contributed by atoms with E-state index in [1.165, 1.54) is 0 Å². The van der Waals surface area contributed by atoms with Crippen LogP contribution in [-0.4, -0.2) is 17.3 Å². The fraction of sp³-hybridized carbons (Fsp3) is 0.238. The maximum atomic E-state index is 13.2. The number of benzene rings is 2. The Balaban J connectivity index is 2.05. The molecule has 1 aliphatic rings. The van der Waals surface area contributed by atoms with Gasteiger partial charge in [0, 0.05) is 17.9 Å². The van der Waals surface area contributed by atoms with Gasteiger partial charge >= 0.3 is 0 Å². The van der Waals surface area contributed by atoms with Crippen LogP contribution in [0.5, 0.6) is 0 Å². The standard InChI is InChI=1S/C21H20O2S/c1-2-24-19-14-17(22)13-18(15-9-5-3-6-10-15)20(19)21(23)16-11-7-4-8-12-16/h3-12,14,18,20H,2,13H2,1H3. The molecule has 3 heteroatoms. The first-order valence-corrected chi connectivity index (χ1v) is 9.20. The normalized spacial score (nSPS) is 20.5. The van der Waals surface area contributed by atoms with Crippen molar-refractivity contribution in [1.82, 2.24) is 0 Å². The van der Waals surface area contributed by atoms with Gasteiger partial charge in [-0.05, 0) is 22.3 Å². The van der Waals surface area contributed by atoms with Crippen molar-refractivity contribution in [2.75, 3.05) is 5.75 Å². The number of rotatable bonds is 5. The van der Waals surface area contributed by atoms with Gasteiger partial charge in [0.15, 0.2) is 11.6 Å². The highest BCUT2D eigenvalue weighted by molar-refractivity contribution is 8.03. The van der Waals surface area contributed by atoms with E-state index in [2.05, 4.69) is 0 Å². The van der Waals surface area contributed by atoms with Crippen molar-refractivity contribution in [2.24, 2.45) is 5.92 Å². The molecule has 2 aromatic rings. The Hall–Kier alpha value is -2.13. The van der Waals surface area contributed by atoms with E-state index >= 15 is 0 Å². The minimum atomic E-state index is -0.280. The number of thioether (sulfide) groups is 1. The highest BCUT2D eigenvalue weighted by Gasteiger charge is 2.37. The first-order valence-electron chi connectivity index (χ1n) is 8.22. The average Bonchev–Trinajstić information content (AvgIpc) is 2.62. The molecule has 0 saturated carbocycles. The quantitative estimate of drug-likeness (QED) is 0.730. The van der Waals surface area contributed by atoms with Crippen LogP contribution in [0.15, 0.2) is 71.6 Å². The second-order valence-electron chi connectivity index (χ2n) is 5.88. The molecule has 2 unspecified atom stereocenters. The number of hydrogen-bond donors (Lipinski definition) is 0. The lowest BCUT2D eigenvalue weighted by Gasteiger charge is -2.31. The number of Topliss-reactive ketones (excluding diaryl/α,β-unsaturated/α-hetero) is 1. The molecule has 2 nitrogen and oxygen atoms in total. The van der Waals surface area contributed by atoms with E-state index in [0.717, 1.165) is 16.2 Å². The Bertz CT molecular complexity index is 750. The minimum absolute atomic E-state index is 0.0922. The van der Waals surface area contributed by atoms with Gasteiger partial charge in [-0.25, -0.2) is 0 Å². The van der Waals surface area contributed by atoms with E-state index in [0.29, 0.717) is 12.0 Å². The molecule has 0 spiro atoms. The van der Waals surface area contributed by atoms with Crippen LogP contribution in [0.2, 0.25) is 0 Å². The highest BCUT2D eigenvalue weighted by atomic mass is 32.2. The molecule has 122 valence electrons. The predicted octanol–water partition coefficient (Wildman–Crippen LogP) is 4.88. The summed E-state index contributed by atoms with van der Waals surface area (Å²) in [6, 6.07) is 19.3. The van der Waals surface area contributed by atoms with Gasteiger partial charge in [0.1, 0.15) is 0 Å². The fourth-order valence-corrected chi connectivity index (χ4v) is 4.24. The monoisotopic (exact) mass is 336 g/mol. The van der Waals surface area contributed by atoms with Crippen molar-refractivity contribution >= 4 is 23.3 Å². The first-order chi connectivity index (χ1) is 11.7. The molecule has 3 rings (SSSR count). The Labute approximate surface area is 147 Å². The van der Waals surface area contributed by atoms with Gasteiger partial charge in [-0.1, -0.05) is 67.6 Å². The van der Waals surface area contributed by atoms with Crippen molar-refractivity contribution < 1.29 is 9.59 Å². The second-order valence-corrected chi connectivity index (χ2v) is 7.21. The topological polar surface area (TPSA) is 34.1 Å². The van der Waals surface area contributed by atoms with Crippen LogP contribution in [-0.2, 0) is 4.79 Å². The van der Waals surface area contributed by atoms with Gasteiger partial charge in [0.2, 0.25) is 0 Å². The number of allylic oxidation sites excluding steroid dienone is 2. The van der Waals surface area contributed by atoms with Gasteiger partial charge < -0.3 is 0 Å². The molecule has 0 aliphatic heterocycles. The summed E-state index contributed by atoms with van der Waals surface area (Å²) in [5, 5.41) is 0. The largest absolute Gasteiger partial charge is 0.295 e. The summed E-state index contributed by atoms with van der Waals surface area (Å²) < 4.78 is 0. The van der Waals surface area contributed by atoms with Crippen LogP contribution >= 0.6 is 11.8 Å². The van der Waals surface area contributed by atoms with Gasteiger partial charge in [-0.3, -0.25) is 9.59 Å². The lowest BCUT2D eigenvalue weighted by molar-refractivity contribution is -0.115. The van der Waals surface area contributed by atoms with Gasteiger partial charge in [0.05, 0.1) is 5.92 Å². The molecule has 24 heavy (non-hydrogen) atoms. The smallest absolute Gasteiger partial charge is 0.171 e. The van der Waals surface area contributed by atoms with Crippen molar-refractivity contribution in [3.63, 3.8) is 0 Å². The summed E-state index contributed by atoms with van der Waals surface area (Å²) in [5.74, 6) is 0.683. The van der Waals surface area contributed by atoms with E-state index in [1.807, 2.05) is 67.6 Å². The summed E-state index contributed by atoms with van der Waals surface area (Å²) in [6.45, 7) is 2.05. The van der Waals surface area contributed by atoms with Crippen LogP contribution < -0.4 is 0 Å². The second kappa shape index (κ2) is 7.63. The Morgan fingerprint density at radius 1 is 1.04 bits per heavy atom. The third-order valence-corrected chi connectivity index (χ3v) is 5.31. The SMILES string of the molecule is CCSC1=CC(=O)CC(c2ccccc2)C1C(=O)c1ccccc1. The minimum Gasteiger partial charge on any atom is -0.295 e. The van der Waals surface area contributed by atoms with Crippen molar-refractivity contribution in [2.45, 2.75) is 19.3 Å². The maximum absolute atomic E-state index is 13.2. The van der Waals surface area contributed by atoms with E-state index in [9.17, 15) is 9.59 Å². The van der Waals surface area contributed by atoms with Gasteiger partial charge in [-0.2, -0.15) is 0 Å². The number of carbonyl (C=O) groups is 2. The van der Waals surface area contributed by atoms with Crippen LogP contribution in [0, 0.1) is 5.92 Å². The molecular formula is C21H20O2S. The maximum Gasteiger partial charge on any atom is 0.171 e. The average molecular weight is 336 g/mol. The Kier molecular flexibility index (Phi) is 5.31. The summed E-state index contributed by atoms with van der Waals surface area (Å²) in [7, 11) is 0. The number of carbonyl (C=O) groups excluding carboxylic acids is 2. The molecule has 2 atom stereocenters. The van der Waals surface area contributed by atoms with E-state index < -0.39 is 0 Å². The molecule has 0 bridgehead atoms. The summed E-state index contributed by atoms with van der Waals surface area (Å²) >= 11 is 1.60. The molecule has 0 aromatic heterocycles. The van der Waals surface area contributed by atoms with E-state index in [-0.39, 0.29) is 23.4 Å². The zero-order chi connectivity index (χ0) is 16.9. The summed E-state index contributed by atoms with van der Waals surface area (Å²) in [4.78, 5) is 26.3. The van der Waals surface area contributed by atoms with Crippen LogP contribution in [0.3, 0.4) is 0 Å². The third kappa shape index (κ3) is 3.51. The predicted molar refractivity (Wildman–Crippen MR) is 99.3 cm³/mol. The molecule has 0 saturated heterocycles. The molecular weight excluding hydrogens is 316 g/mol. The zero-order valence-electron chi connectivity index (χ0n) is 13.6. The Morgan fingerprint density at radius 3 is 2.29 bits per heavy atom. The Morgan fingerprint density at radius 2 is 1.67 bits per heavy atom. The molecule has 0 heterocycles. The van der Waals surface area contributed by atoms with Crippen LogP contribution in [0.4, 0.5) is 0 Å². The molecule has 0 amide bonds. The lowest BCUT2D eigenvalue weighted by Crippen LogP contribution is -2.29. The summed E-state index contributed by atoms with van der Waals surface area (Å²) in [6.07, 6.45) is 2.07. The molecule has 1 aliphatic carbocycles. The summed E-state index contributed by atoms with van der Waals surface area (Å²) in [5.41, 5.74) is 1.77. The zero-order valence-corrected chi connectivity index (χ0v) is 14.5. The molecule has 0 N–H and O–H groups in total. The van der Waals surface area contributed by atoms with Gasteiger partial charge in [0.25, 0.3) is 0 Å². The molecule has 0 radical (unpaired) electrons. The highest BCUT2D eigenvalue weighted by Crippen LogP contribution is 2.43. The fourth-order valence-electron chi connectivity index (χ4n) is 3.24. The molecule has 0 fully saturated rings. The van der Waals surface area contributed by atoms with Crippen molar-refractivity contribution in [3.8, 4) is 0 Å². The van der Waals surface area contributed by atoms with Gasteiger partial charge in [-0.15, -0.1) is 11.8 Å². The first kappa shape index (κ1) is 16.7. The van der Waals surface area contributed by atoms with Crippen LogP contribution in [0.1, 0.15) is 35.2 Å². The molecule has 2 aromatic carbocycles. The number of ketones is 2.